The van der Waals surface area contributed by atoms with Gasteiger partial charge >= 0.3 is 11.9 Å². The number of rotatable bonds is 4. The van der Waals surface area contributed by atoms with Crippen LogP contribution in [0, 0.1) is 0 Å². The zero-order chi connectivity index (χ0) is 10.6. The largest absolute Gasteiger partial charge is 0.479 e. The first-order valence-corrected chi connectivity index (χ1v) is 4.58. The molecule has 1 heterocycles. The van der Waals surface area contributed by atoms with Crippen LogP contribution in [0.15, 0.2) is 0 Å². The minimum Gasteiger partial charge on any atom is -0.479 e. The summed E-state index contributed by atoms with van der Waals surface area (Å²) < 4.78 is 9.68. The standard InChI is InChI=1S/C9H14O5/c1-13-8(10)5-3-6-2-4-7(14-6)9(11)12/h6-7H,2-5H2,1H3,(H,11,12)/t6-,7+/m0/s1. The first kappa shape index (κ1) is 11.0. The van der Waals surface area contributed by atoms with Gasteiger partial charge in [-0.1, -0.05) is 0 Å². The Morgan fingerprint density at radius 1 is 1.50 bits per heavy atom. The van der Waals surface area contributed by atoms with Crippen molar-refractivity contribution in [2.45, 2.75) is 37.9 Å². The maximum Gasteiger partial charge on any atom is 0.332 e. The number of hydrogen-bond donors (Lipinski definition) is 1. The average Bonchev–Trinajstić information content (AvgIpc) is 2.62. The van der Waals surface area contributed by atoms with Crippen LogP contribution in [0.4, 0.5) is 0 Å². The van der Waals surface area contributed by atoms with Crippen molar-refractivity contribution in [2.75, 3.05) is 7.11 Å². The van der Waals surface area contributed by atoms with Crippen LogP contribution >= 0.6 is 0 Å². The van der Waals surface area contributed by atoms with Crippen molar-refractivity contribution in [1.82, 2.24) is 0 Å². The van der Waals surface area contributed by atoms with E-state index >= 15 is 0 Å². The van der Waals surface area contributed by atoms with Gasteiger partial charge in [-0.2, -0.15) is 0 Å². The normalized spacial score (nSPS) is 26.1. The molecule has 0 aliphatic carbocycles. The summed E-state index contributed by atoms with van der Waals surface area (Å²) in [5.74, 6) is -1.21. The van der Waals surface area contributed by atoms with Crippen molar-refractivity contribution in [2.24, 2.45) is 0 Å². The number of aliphatic carboxylic acids is 1. The second kappa shape index (κ2) is 4.95. The van der Waals surface area contributed by atoms with Gasteiger partial charge in [-0.25, -0.2) is 4.79 Å². The van der Waals surface area contributed by atoms with Gasteiger partial charge in [0.1, 0.15) is 0 Å². The molecule has 80 valence electrons. The van der Waals surface area contributed by atoms with Crippen molar-refractivity contribution in [1.29, 1.82) is 0 Å². The third-order valence-electron chi connectivity index (χ3n) is 2.28. The lowest BCUT2D eigenvalue weighted by atomic mass is 10.1. The van der Waals surface area contributed by atoms with E-state index in [1.165, 1.54) is 7.11 Å². The van der Waals surface area contributed by atoms with E-state index < -0.39 is 12.1 Å². The number of carboxylic acids is 1. The third-order valence-corrected chi connectivity index (χ3v) is 2.28. The lowest BCUT2D eigenvalue weighted by Gasteiger charge is -2.09. The zero-order valence-corrected chi connectivity index (χ0v) is 8.06. The quantitative estimate of drug-likeness (QED) is 0.675. The van der Waals surface area contributed by atoms with E-state index in [0.29, 0.717) is 19.3 Å². The predicted molar refractivity (Wildman–Crippen MR) is 46.8 cm³/mol. The summed E-state index contributed by atoms with van der Waals surface area (Å²) in [6, 6.07) is 0. The van der Waals surface area contributed by atoms with Gasteiger partial charge in [-0.15, -0.1) is 0 Å². The first-order chi connectivity index (χ1) is 6.63. The minimum absolute atomic E-state index is 0.116. The molecule has 0 saturated carbocycles. The molecule has 0 aromatic heterocycles. The van der Waals surface area contributed by atoms with Gasteiger partial charge in [0, 0.05) is 6.42 Å². The van der Waals surface area contributed by atoms with Crippen molar-refractivity contribution in [3.8, 4) is 0 Å². The Kier molecular flexibility index (Phi) is 3.88. The molecule has 0 bridgehead atoms. The molecule has 0 radical (unpaired) electrons. The van der Waals surface area contributed by atoms with Crippen LogP contribution in [0.2, 0.25) is 0 Å². The Hall–Kier alpha value is -1.10. The van der Waals surface area contributed by atoms with Crippen LogP contribution in [-0.2, 0) is 19.1 Å². The molecule has 0 aromatic rings. The third kappa shape index (κ3) is 2.99. The summed E-state index contributed by atoms with van der Waals surface area (Å²) in [4.78, 5) is 21.3. The number of ether oxygens (including phenoxy) is 2. The summed E-state index contributed by atoms with van der Waals surface area (Å²) in [6.45, 7) is 0. The smallest absolute Gasteiger partial charge is 0.332 e. The lowest BCUT2D eigenvalue weighted by molar-refractivity contribution is -0.149. The van der Waals surface area contributed by atoms with Crippen LogP contribution in [0.5, 0.6) is 0 Å². The maximum absolute atomic E-state index is 10.8. The topological polar surface area (TPSA) is 72.8 Å². The molecular weight excluding hydrogens is 188 g/mol. The second-order valence-electron chi connectivity index (χ2n) is 3.28. The number of carbonyl (C=O) groups is 2. The lowest BCUT2D eigenvalue weighted by Crippen LogP contribution is -2.20. The Balaban J connectivity index is 2.22. The number of hydrogen-bond acceptors (Lipinski definition) is 4. The van der Waals surface area contributed by atoms with Gasteiger partial charge < -0.3 is 14.6 Å². The van der Waals surface area contributed by atoms with Crippen molar-refractivity contribution in [3.63, 3.8) is 0 Å². The fraction of sp³-hybridized carbons (Fsp3) is 0.778. The molecule has 0 unspecified atom stereocenters. The van der Waals surface area contributed by atoms with Crippen LogP contribution in [0.25, 0.3) is 0 Å². The Bertz CT molecular complexity index is 225. The summed E-state index contributed by atoms with van der Waals surface area (Å²) >= 11 is 0. The van der Waals surface area contributed by atoms with Crippen LogP contribution in [-0.4, -0.2) is 36.4 Å². The molecule has 5 nitrogen and oxygen atoms in total. The fourth-order valence-electron chi connectivity index (χ4n) is 1.48. The van der Waals surface area contributed by atoms with Crippen molar-refractivity contribution >= 4 is 11.9 Å². The fourth-order valence-corrected chi connectivity index (χ4v) is 1.48. The van der Waals surface area contributed by atoms with E-state index in [-0.39, 0.29) is 18.5 Å². The molecule has 1 aliphatic heterocycles. The SMILES string of the molecule is COC(=O)CC[C@@H]1CC[C@H](C(=O)O)O1. The molecular formula is C9H14O5. The molecule has 1 saturated heterocycles. The number of esters is 1. The van der Waals surface area contributed by atoms with E-state index in [2.05, 4.69) is 4.74 Å². The molecule has 1 aliphatic rings. The van der Waals surface area contributed by atoms with E-state index in [0.717, 1.165) is 0 Å². The summed E-state index contributed by atoms with van der Waals surface area (Å²) in [7, 11) is 1.33. The monoisotopic (exact) mass is 202 g/mol. The molecule has 1 rings (SSSR count). The summed E-state index contributed by atoms with van der Waals surface area (Å²) in [6.07, 6.45) is 1.24. The van der Waals surface area contributed by atoms with E-state index in [1.54, 1.807) is 0 Å². The van der Waals surface area contributed by atoms with Gasteiger partial charge in [0.25, 0.3) is 0 Å². The highest BCUT2D eigenvalue weighted by Gasteiger charge is 2.30. The first-order valence-electron chi connectivity index (χ1n) is 4.58. The molecule has 14 heavy (non-hydrogen) atoms. The molecule has 1 N–H and O–H groups in total. The second-order valence-corrected chi connectivity index (χ2v) is 3.28. The Morgan fingerprint density at radius 3 is 2.71 bits per heavy atom. The Morgan fingerprint density at radius 2 is 2.21 bits per heavy atom. The minimum atomic E-state index is -0.925. The molecule has 1 fully saturated rings. The van der Waals surface area contributed by atoms with Gasteiger partial charge in [-0.05, 0) is 19.3 Å². The van der Waals surface area contributed by atoms with Crippen LogP contribution in [0.3, 0.4) is 0 Å². The van der Waals surface area contributed by atoms with Crippen LogP contribution < -0.4 is 0 Å². The van der Waals surface area contributed by atoms with Gasteiger partial charge in [-0.3, -0.25) is 4.79 Å². The highest BCUT2D eigenvalue weighted by Crippen LogP contribution is 2.23. The van der Waals surface area contributed by atoms with Gasteiger partial charge in [0.2, 0.25) is 0 Å². The summed E-state index contributed by atoms with van der Waals surface area (Å²) in [5, 5.41) is 8.64. The molecule has 0 spiro atoms. The molecule has 0 amide bonds. The van der Waals surface area contributed by atoms with Crippen molar-refractivity contribution < 1.29 is 24.2 Å². The predicted octanol–water partition coefficient (Wildman–Crippen LogP) is 0.572. The van der Waals surface area contributed by atoms with E-state index in [1.807, 2.05) is 0 Å². The summed E-state index contributed by atoms with van der Waals surface area (Å²) in [5.41, 5.74) is 0. The zero-order valence-electron chi connectivity index (χ0n) is 8.06. The molecule has 0 aromatic carbocycles. The van der Waals surface area contributed by atoms with Crippen LogP contribution in [0.1, 0.15) is 25.7 Å². The van der Waals surface area contributed by atoms with E-state index in [4.69, 9.17) is 9.84 Å². The molecule has 5 heteroatoms. The number of methoxy groups -OCH3 is 1. The van der Waals surface area contributed by atoms with Crippen molar-refractivity contribution in [3.05, 3.63) is 0 Å². The number of carbonyl (C=O) groups excluding carboxylic acids is 1. The Labute approximate surface area is 82.0 Å². The van der Waals surface area contributed by atoms with E-state index in [9.17, 15) is 9.59 Å². The number of carboxylic acid groups (broad SMARTS) is 1. The van der Waals surface area contributed by atoms with Gasteiger partial charge in [0.15, 0.2) is 6.10 Å². The van der Waals surface area contributed by atoms with Gasteiger partial charge in [0.05, 0.1) is 13.2 Å². The average molecular weight is 202 g/mol. The maximum atomic E-state index is 10.8. The molecule has 2 atom stereocenters. The highest BCUT2D eigenvalue weighted by molar-refractivity contribution is 5.72. The highest BCUT2D eigenvalue weighted by atomic mass is 16.5.